The fraction of sp³-hybridized carbons (Fsp3) is 0.357. The summed E-state index contributed by atoms with van der Waals surface area (Å²) in [6.07, 6.45) is 3.32. The average Bonchev–Trinajstić information content (AvgIpc) is 3.26. The minimum atomic E-state index is -3.46. The molecule has 9 heteroatoms. The molecule has 0 unspecified atom stereocenters. The van der Waals surface area contributed by atoms with Crippen LogP contribution in [0, 0.1) is 0 Å². The van der Waals surface area contributed by atoms with Gasteiger partial charge in [0.1, 0.15) is 5.01 Å². The summed E-state index contributed by atoms with van der Waals surface area (Å²) in [5, 5.41) is 12.1. The molecule has 1 aliphatic carbocycles. The summed E-state index contributed by atoms with van der Waals surface area (Å²) < 4.78 is 24.5. The molecule has 0 saturated heterocycles. The van der Waals surface area contributed by atoms with Crippen LogP contribution in [0.25, 0.3) is 0 Å². The highest BCUT2D eigenvalue weighted by atomic mass is 32.2. The van der Waals surface area contributed by atoms with Gasteiger partial charge in [0.2, 0.25) is 15.2 Å². The highest BCUT2D eigenvalue weighted by Crippen LogP contribution is 2.42. The molecule has 0 aliphatic heterocycles. The van der Waals surface area contributed by atoms with Gasteiger partial charge >= 0.3 is 0 Å². The number of nitrogens with one attached hydrogen (secondary N) is 1. The fourth-order valence-electron chi connectivity index (χ4n) is 2.06. The number of hydrogen-bond acceptors (Lipinski definition) is 6. The second kappa shape index (κ2) is 5.89. The van der Waals surface area contributed by atoms with Crippen molar-refractivity contribution >= 4 is 38.1 Å². The fourth-order valence-corrected chi connectivity index (χ4v) is 3.49. The van der Waals surface area contributed by atoms with E-state index in [2.05, 4.69) is 15.5 Å². The predicted octanol–water partition coefficient (Wildman–Crippen LogP) is 2.06. The zero-order valence-electron chi connectivity index (χ0n) is 12.7. The molecule has 1 fully saturated rings. The van der Waals surface area contributed by atoms with Crippen LogP contribution in [-0.2, 0) is 10.0 Å². The summed E-state index contributed by atoms with van der Waals surface area (Å²) in [6, 6.07) is 6.54. The monoisotopic (exact) mass is 352 g/mol. The van der Waals surface area contributed by atoms with Gasteiger partial charge in [0.25, 0.3) is 5.91 Å². The summed E-state index contributed by atoms with van der Waals surface area (Å²) in [7, 11) is -2.04. The van der Waals surface area contributed by atoms with Crippen molar-refractivity contribution in [2.24, 2.45) is 0 Å². The Labute approximate surface area is 138 Å². The lowest BCUT2D eigenvalue weighted by atomic mass is 10.1. The van der Waals surface area contributed by atoms with Crippen LogP contribution < -0.4 is 9.62 Å². The maximum atomic E-state index is 12.5. The van der Waals surface area contributed by atoms with Gasteiger partial charge in [0, 0.05) is 13.0 Å². The van der Waals surface area contributed by atoms with Crippen molar-refractivity contribution in [1.29, 1.82) is 0 Å². The van der Waals surface area contributed by atoms with E-state index in [1.807, 2.05) is 0 Å². The number of carbonyl (C=O) groups is 1. The quantitative estimate of drug-likeness (QED) is 0.889. The highest BCUT2D eigenvalue weighted by Gasteiger charge is 2.28. The molecule has 7 nitrogen and oxygen atoms in total. The Morgan fingerprint density at radius 3 is 2.65 bits per heavy atom. The Kier molecular flexibility index (Phi) is 4.07. The van der Waals surface area contributed by atoms with Gasteiger partial charge < -0.3 is 0 Å². The first kappa shape index (κ1) is 15.9. The Bertz CT molecular complexity index is 843. The zero-order valence-corrected chi connectivity index (χ0v) is 14.3. The van der Waals surface area contributed by atoms with Gasteiger partial charge in [-0.05, 0) is 25.0 Å². The summed E-state index contributed by atoms with van der Waals surface area (Å²) in [4.78, 5) is 12.5. The van der Waals surface area contributed by atoms with Gasteiger partial charge in [-0.3, -0.25) is 14.4 Å². The maximum Gasteiger partial charge on any atom is 0.259 e. The number of hydrogen-bond donors (Lipinski definition) is 1. The van der Waals surface area contributed by atoms with Gasteiger partial charge in [-0.1, -0.05) is 23.5 Å². The first-order valence-corrected chi connectivity index (χ1v) is 9.70. The lowest BCUT2D eigenvalue weighted by molar-refractivity contribution is 0.102. The average molecular weight is 352 g/mol. The van der Waals surface area contributed by atoms with E-state index in [-0.39, 0.29) is 5.56 Å². The summed E-state index contributed by atoms with van der Waals surface area (Å²) in [6.45, 7) is 0. The van der Waals surface area contributed by atoms with Crippen molar-refractivity contribution in [2.75, 3.05) is 22.9 Å². The Morgan fingerprint density at radius 2 is 2.00 bits per heavy atom. The number of para-hydroxylation sites is 1. The first-order chi connectivity index (χ1) is 10.9. The molecule has 2 aromatic rings. The van der Waals surface area contributed by atoms with Crippen LogP contribution in [0.1, 0.15) is 34.1 Å². The number of nitrogens with zero attached hydrogens (tertiary/aromatic N) is 3. The van der Waals surface area contributed by atoms with Crippen molar-refractivity contribution in [3.63, 3.8) is 0 Å². The predicted molar refractivity (Wildman–Crippen MR) is 89.5 cm³/mol. The van der Waals surface area contributed by atoms with Crippen molar-refractivity contribution in [2.45, 2.75) is 18.8 Å². The SMILES string of the molecule is CN(c1ccccc1C(=O)Nc1nnc(C2CC2)s1)S(C)(=O)=O. The molecule has 0 atom stereocenters. The first-order valence-electron chi connectivity index (χ1n) is 7.04. The lowest BCUT2D eigenvalue weighted by Crippen LogP contribution is -2.27. The Balaban J connectivity index is 1.84. The van der Waals surface area contributed by atoms with Gasteiger partial charge in [-0.25, -0.2) is 8.42 Å². The molecule has 0 radical (unpaired) electrons. The third-order valence-electron chi connectivity index (χ3n) is 3.57. The van der Waals surface area contributed by atoms with E-state index in [0.29, 0.717) is 16.7 Å². The van der Waals surface area contributed by atoms with Crippen LogP contribution in [0.2, 0.25) is 0 Å². The van der Waals surface area contributed by atoms with Crippen LogP contribution in [0.3, 0.4) is 0 Å². The molecule has 1 N–H and O–H groups in total. The maximum absolute atomic E-state index is 12.5. The standard InChI is InChI=1S/C14H16N4O3S2/c1-18(23(2,20)21)11-6-4-3-5-10(11)12(19)15-14-17-16-13(22-14)9-7-8-9/h3-6,9H,7-8H2,1-2H3,(H,15,17,19). The molecule has 122 valence electrons. The molecular formula is C14H16N4O3S2. The van der Waals surface area contributed by atoms with Crippen LogP contribution in [0.5, 0.6) is 0 Å². The van der Waals surface area contributed by atoms with E-state index in [4.69, 9.17) is 0 Å². The minimum Gasteiger partial charge on any atom is -0.296 e. The molecule has 1 heterocycles. The molecule has 1 saturated carbocycles. The van der Waals surface area contributed by atoms with Crippen molar-refractivity contribution < 1.29 is 13.2 Å². The van der Waals surface area contributed by atoms with Gasteiger partial charge in [0.15, 0.2) is 0 Å². The molecule has 23 heavy (non-hydrogen) atoms. The van der Waals surface area contributed by atoms with E-state index in [1.54, 1.807) is 24.3 Å². The molecular weight excluding hydrogens is 336 g/mol. The number of carbonyl (C=O) groups excluding carboxylic acids is 1. The zero-order chi connectivity index (χ0) is 16.6. The Morgan fingerprint density at radius 1 is 1.30 bits per heavy atom. The normalized spacial score (nSPS) is 14.5. The van der Waals surface area contributed by atoms with Gasteiger partial charge in [0.05, 0.1) is 17.5 Å². The number of aromatic nitrogens is 2. The van der Waals surface area contributed by atoms with Crippen molar-refractivity contribution in [3.8, 4) is 0 Å². The number of rotatable bonds is 5. The topological polar surface area (TPSA) is 92.3 Å². The van der Waals surface area contributed by atoms with Crippen LogP contribution in [0.15, 0.2) is 24.3 Å². The number of amides is 1. The minimum absolute atomic E-state index is 0.267. The molecule has 1 amide bonds. The van der Waals surface area contributed by atoms with E-state index in [1.165, 1.54) is 18.4 Å². The molecule has 0 spiro atoms. The summed E-state index contributed by atoms with van der Waals surface area (Å²) in [5.74, 6) is 0.0661. The van der Waals surface area contributed by atoms with Crippen molar-refractivity contribution in [1.82, 2.24) is 10.2 Å². The number of benzene rings is 1. The molecule has 0 bridgehead atoms. The lowest BCUT2D eigenvalue weighted by Gasteiger charge is -2.19. The number of sulfonamides is 1. The van der Waals surface area contributed by atoms with Crippen LogP contribution >= 0.6 is 11.3 Å². The molecule has 1 aromatic heterocycles. The third kappa shape index (κ3) is 3.50. The Hall–Kier alpha value is -2.00. The van der Waals surface area contributed by atoms with Gasteiger partial charge in [-0.2, -0.15) is 0 Å². The second-order valence-electron chi connectivity index (χ2n) is 5.42. The molecule has 3 rings (SSSR count). The van der Waals surface area contributed by atoms with Crippen molar-refractivity contribution in [3.05, 3.63) is 34.8 Å². The summed E-state index contributed by atoms with van der Waals surface area (Å²) in [5.41, 5.74) is 0.586. The summed E-state index contributed by atoms with van der Waals surface area (Å²) >= 11 is 1.36. The third-order valence-corrected chi connectivity index (χ3v) is 5.77. The van der Waals surface area contributed by atoms with Crippen LogP contribution in [-0.4, -0.2) is 37.8 Å². The molecule has 1 aliphatic rings. The van der Waals surface area contributed by atoms with E-state index >= 15 is 0 Å². The smallest absolute Gasteiger partial charge is 0.259 e. The van der Waals surface area contributed by atoms with E-state index in [9.17, 15) is 13.2 Å². The largest absolute Gasteiger partial charge is 0.296 e. The van der Waals surface area contributed by atoms with E-state index < -0.39 is 15.9 Å². The number of anilines is 2. The van der Waals surface area contributed by atoms with Crippen LogP contribution in [0.4, 0.5) is 10.8 Å². The second-order valence-corrected chi connectivity index (χ2v) is 8.44. The molecule has 1 aromatic carbocycles. The van der Waals surface area contributed by atoms with Gasteiger partial charge in [-0.15, -0.1) is 10.2 Å². The van der Waals surface area contributed by atoms with E-state index in [0.717, 1.165) is 28.4 Å². The highest BCUT2D eigenvalue weighted by molar-refractivity contribution is 7.92.